The van der Waals surface area contributed by atoms with Gasteiger partial charge in [-0.2, -0.15) is 0 Å². The predicted octanol–water partition coefficient (Wildman–Crippen LogP) is 2.87. The van der Waals surface area contributed by atoms with Crippen molar-refractivity contribution in [2.45, 2.75) is 38.6 Å². The van der Waals surface area contributed by atoms with Gasteiger partial charge in [0.25, 0.3) is 0 Å². The monoisotopic (exact) mass is 250 g/mol. The SMILES string of the molecule is CC(CN)c1ccc(CN2CCCCC2)c(F)c1. The molecule has 1 atom stereocenters. The standard InChI is InChI=1S/C15H23FN2/c1-12(10-17)13-5-6-14(15(16)9-13)11-18-7-3-2-4-8-18/h5-6,9,12H,2-4,7-8,10-11,17H2,1H3. The second-order valence-electron chi connectivity index (χ2n) is 5.32. The summed E-state index contributed by atoms with van der Waals surface area (Å²) in [6, 6.07) is 5.59. The molecule has 2 rings (SSSR count). The fraction of sp³-hybridized carbons (Fsp3) is 0.600. The number of nitrogens with zero attached hydrogens (tertiary/aromatic N) is 1. The van der Waals surface area contributed by atoms with Crippen LogP contribution in [0.25, 0.3) is 0 Å². The van der Waals surface area contributed by atoms with Gasteiger partial charge in [0.05, 0.1) is 0 Å². The predicted molar refractivity (Wildman–Crippen MR) is 73.0 cm³/mol. The van der Waals surface area contributed by atoms with E-state index in [-0.39, 0.29) is 11.7 Å². The van der Waals surface area contributed by atoms with Crippen LogP contribution < -0.4 is 5.73 Å². The first-order valence-electron chi connectivity index (χ1n) is 6.91. The van der Waals surface area contributed by atoms with E-state index in [0.717, 1.165) is 30.8 Å². The van der Waals surface area contributed by atoms with Gasteiger partial charge in [0.1, 0.15) is 5.82 Å². The van der Waals surface area contributed by atoms with Crippen molar-refractivity contribution in [1.29, 1.82) is 0 Å². The van der Waals surface area contributed by atoms with Crippen molar-refractivity contribution in [1.82, 2.24) is 4.90 Å². The van der Waals surface area contributed by atoms with Crippen molar-refractivity contribution in [2.75, 3.05) is 19.6 Å². The number of benzene rings is 1. The fourth-order valence-electron chi connectivity index (χ4n) is 2.49. The summed E-state index contributed by atoms with van der Waals surface area (Å²) in [4.78, 5) is 2.34. The molecule has 100 valence electrons. The molecular formula is C15H23FN2. The fourth-order valence-corrected chi connectivity index (χ4v) is 2.49. The Bertz CT molecular complexity index is 386. The zero-order valence-electron chi connectivity index (χ0n) is 11.2. The van der Waals surface area contributed by atoms with Crippen molar-refractivity contribution in [3.8, 4) is 0 Å². The molecule has 0 radical (unpaired) electrons. The number of likely N-dealkylation sites (tertiary alicyclic amines) is 1. The van der Waals surface area contributed by atoms with Gasteiger partial charge in [0.15, 0.2) is 0 Å². The van der Waals surface area contributed by atoms with Crippen LogP contribution in [0.1, 0.15) is 43.2 Å². The summed E-state index contributed by atoms with van der Waals surface area (Å²) in [7, 11) is 0. The quantitative estimate of drug-likeness (QED) is 0.890. The van der Waals surface area contributed by atoms with Gasteiger partial charge in [-0.15, -0.1) is 0 Å². The van der Waals surface area contributed by atoms with Crippen LogP contribution in [-0.4, -0.2) is 24.5 Å². The molecule has 1 aromatic carbocycles. The Hall–Kier alpha value is -0.930. The van der Waals surface area contributed by atoms with E-state index in [4.69, 9.17) is 5.73 Å². The van der Waals surface area contributed by atoms with E-state index in [1.54, 1.807) is 6.07 Å². The van der Waals surface area contributed by atoms with Crippen molar-refractivity contribution >= 4 is 0 Å². The first kappa shape index (κ1) is 13.5. The maximum absolute atomic E-state index is 14.0. The van der Waals surface area contributed by atoms with Gasteiger partial charge < -0.3 is 5.73 Å². The Morgan fingerprint density at radius 2 is 2.00 bits per heavy atom. The number of halogens is 1. The molecule has 0 saturated carbocycles. The maximum atomic E-state index is 14.0. The molecule has 0 spiro atoms. The third-order valence-electron chi connectivity index (χ3n) is 3.84. The van der Waals surface area contributed by atoms with Crippen LogP contribution in [0.15, 0.2) is 18.2 Å². The van der Waals surface area contributed by atoms with Crippen LogP contribution in [0.3, 0.4) is 0 Å². The second-order valence-corrected chi connectivity index (χ2v) is 5.32. The molecule has 1 heterocycles. The summed E-state index contributed by atoms with van der Waals surface area (Å²) in [5, 5.41) is 0. The Morgan fingerprint density at radius 3 is 2.61 bits per heavy atom. The lowest BCUT2D eigenvalue weighted by atomic mass is 9.99. The zero-order chi connectivity index (χ0) is 13.0. The number of hydrogen-bond donors (Lipinski definition) is 1. The molecule has 1 aliphatic rings. The largest absolute Gasteiger partial charge is 0.330 e. The summed E-state index contributed by atoms with van der Waals surface area (Å²) in [5.41, 5.74) is 7.42. The number of rotatable bonds is 4. The molecule has 1 aromatic rings. The van der Waals surface area contributed by atoms with Crippen LogP contribution in [-0.2, 0) is 6.54 Å². The van der Waals surface area contributed by atoms with Gasteiger partial charge in [-0.3, -0.25) is 4.90 Å². The minimum absolute atomic E-state index is 0.0848. The Labute approximate surface area is 109 Å². The van der Waals surface area contributed by atoms with Crippen LogP contribution in [0, 0.1) is 5.82 Å². The normalized spacial score (nSPS) is 18.8. The van der Waals surface area contributed by atoms with E-state index in [2.05, 4.69) is 4.90 Å². The molecule has 1 unspecified atom stereocenters. The van der Waals surface area contributed by atoms with E-state index in [1.165, 1.54) is 19.3 Å². The molecule has 3 heteroatoms. The topological polar surface area (TPSA) is 29.3 Å². The van der Waals surface area contributed by atoms with Crippen LogP contribution in [0.2, 0.25) is 0 Å². The van der Waals surface area contributed by atoms with Crippen LogP contribution in [0.4, 0.5) is 4.39 Å². The van der Waals surface area contributed by atoms with Crippen LogP contribution >= 0.6 is 0 Å². The Morgan fingerprint density at radius 1 is 1.28 bits per heavy atom. The lowest BCUT2D eigenvalue weighted by Gasteiger charge is -2.26. The van der Waals surface area contributed by atoms with Crippen LogP contribution in [0.5, 0.6) is 0 Å². The summed E-state index contributed by atoms with van der Waals surface area (Å²) >= 11 is 0. The lowest BCUT2D eigenvalue weighted by molar-refractivity contribution is 0.218. The number of nitrogens with two attached hydrogens (primary N) is 1. The van der Waals surface area contributed by atoms with E-state index >= 15 is 0 Å². The highest BCUT2D eigenvalue weighted by molar-refractivity contribution is 5.27. The molecule has 1 aliphatic heterocycles. The second kappa shape index (κ2) is 6.30. The third kappa shape index (κ3) is 3.30. The van der Waals surface area contributed by atoms with E-state index in [1.807, 2.05) is 19.1 Å². The minimum atomic E-state index is -0.0848. The molecule has 0 amide bonds. The maximum Gasteiger partial charge on any atom is 0.127 e. The molecule has 0 aromatic heterocycles. The molecule has 1 saturated heterocycles. The lowest BCUT2D eigenvalue weighted by Crippen LogP contribution is -2.29. The number of hydrogen-bond acceptors (Lipinski definition) is 2. The van der Waals surface area contributed by atoms with Crippen molar-refractivity contribution < 1.29 is 4.39 Å². The smallest absolute Gasteiger partial charge is 0.127 e. The van der Waals surface area contributed by atoms with Gasteiger partial charge in [0, 0.05) is 12.1 Å². The average Bonchev–Trinajstić information content (AvgIpc) is 2.41. The van der Waals surface area contributed by atoms with Gasteiger partial charge in [-0.1, -0.05) is 25.5 Å². The highest BCUT2D eigenvalue weighted by Gasteiger charge is 2.13. The van der Waals surface area contributed by atoms with E-state index in [0.29, 0.717) is 6.54 Å². The average molecular weight is 250 g/mol. The molecule has 18 heavy (non-hydrogen) atoms. The van der Waals surface area contributed by atoms with Gasteiger partial charge >= 0.3 is 0 Å². The highest BCUT2D eigenvalue weighted by atomic mass is 19.1. The molecule has 0 bridgehead atoms. The molecule has 1 fully saturated rings. The molecule has 2 nitrogen and oxygen atoms in total. The summed E-state index contributed by atoms with van der Waals surface area (Å²) in [6.45, 7) is 5.52. The zero-order valence-corrected chi connectivity index (χ0v) is 11.2. The van der Waals surface area contributed by atoms with Gasteiger partial charge in [-0.25, -0.2) is 4.39 Å². The minimum Gasteiger partial charge on any atom is -0.330 e. The summed E-state index contributed by atoms with van der Waals surface area (Å²) in [6.07, 6.45) is 3.79. The summed E-state index contributed by atoms with van der Waals surface area (Å²) < 4.78 is 14.0. The van der Waals surface area contributed by atoms with Crippen molar-refractivity contribution in [3.63, 3.8) is 0 Å². The Kier molecular flexibility index (Phi) is 4.72. The molecule has 2 N–H and O–H groups in total. The van der Waals surface area contributed by atoms with Gasteiger partial charge in [-0.05, 0) is 50.0 Å². The third-order valence-corrected chi connectivity index (χ3v) is 3.84. The molecule has 0 aliphatic carbocycles. The summed E-state index contributed by atoms with van der Waals surface area (Å²) in [5.74, 6) is 0.141. The van der Waals surface area contributed by atoms with E-state index in [9.17, 15) is 4.39 Å². The first-order chi connectivity index (χ1) is 8.70. The highest BCUT2D eigenvalue weighted by Crippen LogP contribution is 2.20. The van der Waals surface area contributed by atoms with E-state index < -0.39 is 0 Å². The Balaban J connectivity index is 2.04. The molecular weight excluding hydrogens is 227 g/mol. The van der Waals surface area contributed by atoms with Gasteiger partial charge in [0.2, 0.25) is 0 Å². The first-order valence-corrected chi connectivity index (χ1v) is 6.91. The number of piperidine rings is 1. The van der Waals surface area contributed by atoms with Crippen molar-refractivity contribution in [2.24, 2.45) is 5.73 Å². The van der Waals surface area contributed by atoms with Crippen molar-refractivity contribution in [3.05, 3.63) is 35.1 Å².